The Bertz CT molecular complexity index is 663. The van der Waals surface area contributed by atoms with Gasteiger partial charge in [0.15, 0.2) is 0 Å². The standard InChI is InChI=1S/C16H19BrN2O2/c1-4-21-12-7-5-11(6-8-12)15-18-13(9-10(2)3)14(17)16(20)19-15/h5-8,10H,4,9H2,1-3H3,(H,18,19,20). The van der Waals surface area contributed by atoms with Gasteiger partial charge in [-0.15, -0.1) is 0 Å². The van der Waals surface area contributed by atoms with Crippen LogP contribution in [0.4, 0.5) is 0 Å². The van der Waals surface area contributed by atoms with Crippen molar-refractivity contribution >= 4 is 15.9 Å². The monoisotopic (exact) mass is 350 g/mol. The van der Waals surface area contributed by atoms with Crippen molar-refractivity contribution < 1.29 is 4.74 Å². The van der Waals surface area contributed by atoms with Crippen molar-refractivity contribution in [1.82, 2.24) is 9.97 Å². The maximum atomic E-state index is 12.0. The van der Waals surface area contributed by atoms with Crippen molar-refractivity contribution in [1.29, 1.82) is 0 Å². The number of aromatic nitrogens is 2. The fourth-order valence-electron chi connectivity index (χ4n) is 2.04. The fourth-order valence-corrected chi connectivity index (χ4v) is 2.39. The van der Waals surface area contributed by atoms with Crippen LogP contribution >= 0.6 is 15.9 Å². The van der Waals surface area contributed by atoms with Gasteiger partial charge in [0.2, 0.25) is 0 Å². The van der Waals surface area contributed by atoms with Gasteiger partial charge in [-0.1, -0.05) is 13.8 Å². The molecule has 0 aliphatic heterocycles. The highest BCUT2D eigenvalue weighted by molar-refractivity contribution is 9.10. The Morgan fingerprint density at radius 1 is 1.29 bits per heavy atom. The molecular weight excluding hydrogens is 332 g/mol. The number of ether oxygens (including phenoxy) is 1. The molecule has 0 radical (unpaired) electrons. The lowest BCUT2D eigenvalue weighted by molar-refractivity contribution is 0.340. The lowest BCUT2D eigenvalue weighted by atomic mass is 10.1. The van der Waals surface area contributed by atoms with Crippen LogP contribution in [0.2, 0.25) is 0 Å². The number of rotatable bonds is 5. The summed E-state index contributed by atoms with van der Waals surface area (Å²) in [7, 11) is 0. The van der Waals surface area contributed by atoms with Gasteiger partial charge >= 0.3 is 0 Å². The quantitative estimate of drug-likeness (QED) is 0.892. The summed E-state index contributed by atoms with van der Waals surface area (Å²) < 4.78 is 5.94. The van der Waals surface area contributed by atoms with Crippen LogP contribution in [0.5, 0.6) is 5.75 Å². The maximum Gasteiger partial charge on any atom is 0.265 e. The maximum absolute atomic E-state index is 12.0. The predicted octanol–water partition coefficient (Wildman–Crippen LogP) is 3.80. The van der Waals surface area contributed by atoms with Crippen LogP contribution in [-0.4, -0.2) is 16.6 Å². The van der Waals surface area contributed by atoms with Gasteiger partial charge in [-0.05, 0) is 59.5 Å². The average molecular weight is 351 g/mol. The molecule has 0 spiro atoms. The summed E-state index contributed by atoms with van der Waals surface area (Å²) >= 11 is 3.32. The van der Waals surface area contributed by atoms with E-state index in [4.69, 9.17) is 4.74 Å². The molecule has 0 saturated heterocycles. The Hall–Kier alpha value is -1.62. The first-order valence-corrected chi connectivity index (χ1v) is 7.82. The van der Waals surface area contributed by atoms with E-state index in [0.717, 1.165) is 23.4 Å². The summed E-state index contributed by atoms with van der Waals surface area (Å²) in [5.74, 6) is 1.83. The van der Waals surface area contributed by atoms with Crippen LogP contribution in [0.15, 0.2) is 33.5 Å². The zero-order chi connectivity index (χ0) is 15.4. The summed E-state index contributed by atoms with van der Waals surface area (Å²) in [5, 5.41) is 0. The Balaban J connectivity index is 2.39. The van der Waals surface area contributed by atoms with Gasteiger partial charge in [0, 0.05) is 5.56 Å². The SMILES string of the molecule is CCOc1ccc(-c2nc(CC(C)C)c(Br)c(=O)[nH]2)cc1. The molecule has 1 N–H and O–H groups in total. The zero-order valence-corrected chi connectivity index (χ0v) is 14.0. The molecule has 0 unspecified atom stereocenters. The van der Waals surface area contributed by atoms with E-state index >= 15 is 0 Å². The molecule has 0 aliphatic carbocycles. The molecule has 1 heterocycles. The van der Waals surface area contributed by atoms with Crippen molar-refractivity contribution in [2.24, 2.45) is 5.92 Å². The van der Waals surface area contributed by atoms with Crippen molar-refractivity contribution in [2.75, 3.05) is 6.61 Å². The number of nitrogens with zero attached hydrogens (tertiary/aromatic N) is 1. The smallest absolute Gasteiger partial charge is 0.265 e. The first-order chi connectivity index (χ1) is 10.0. The summed E-state index contributed by atoms with van der Waals surface area (Å²) in [6.07, 6.45) is 0.758. The van der Waals surface area contributed by atoms with Gasteiger partial charge in [0.1, 0.15) is 16.0 Å². The van der Waals surface area contributed by atoms with E-state index < -0.39 is 0 Å². The third-order valence-corrected chi connectivity index (χ3v) is 3.79. The summed E-state index contributed by atoms with van der Waals surface area (Å²) in [6, 6.07) is 7.55. The van der Waals surface area contributed by atoms with Crippen molar-refractivity contribution in [3.05, 3.63) is 44.8 Å². The molecule has 112 valence electrons. The highest BCUT2D eigenvalue weighted by Gasteiger charge is 2.11. The summed E-state index contributed by atoms with van der Waals surface area (Å²) in [4.78, 5) is 19.4. The van der Waals surface area contributed by atoms with Crippen LogP contribution in [-0.2, 0) is 6.42 Å². The number of aromatic amines is 1. The minimum atomic E-state index is -0.149. The third kappa shape index (κ3) is 3.94. The van der Waals surface area contributed by atoms with Crippen LogP contribution in [0.25, 0.3) is 11.4 Å². The largest absolute Gasteiger partial charge is 0.494 e. The third-order valence-electron chi connectivity index (χ3n) is 2.97. The Morgan fingerprint density at radius 3 is 2.52 bits per heavy atom. The van der Waals surface area contributed by atoms with E-state index in [9.17, 15) is 4.79 Å². The van der Waals surface area contributed by atoms with Crippen LogP contribution in [0, 0.1) is 5.92 Å². The molecular formula is C16H19BrN2O2. The van der Waals surface area contributed by atoms with Gasteiger partial charge in [-0.2, -0.15) is 0 Å². The number of H-pyrrole nitrogens is 1. The van der Waals surface area contributed by atoms with Gasteiger partial charge in [0.25, 0.3) is 5.56 Å². The number of hydrogen-bond acceptors (Lipinski definition) is 3. The molecule has 2 rings (SSSR count). The minimum absolute atomic E-state index is 0.149. The van der Waals surface area contributed by atoms with Gasteiger partial charge < -0.3 is 9.72 Å². The van der Waals surface area contributed by atoms with E-state index in [0.29, 0.717) is 22.8 Å². The van der Waals surface area contributed by atoms with E-state index in [2.05, 4.69) is 39.7 Å². The average Bonchev–Trinajstić information content (AvgIpc) is 2.44. The number of nitrogens with one attached hydrogen (secondary N) is 1. The molecule has 0 aliphatic rings. The molecule has 1 aromatic carbocycles. The second-order valence-electron chi connectivity index (χ2n) is 5.23. The number of halogens is 1. The van der Waals surface area contributed by atoms with Crippen molar-refractivity contribution in [2.45, 2.75) is 27.2 Å². The van der Waals surface area contributed by atoms with E-state index in [1.807, 2.05) is 31.2 Å². The highest BCUT2D eigenvalue weighted by atomic mass is 79.9. The van der Waals surface area contributed by atoms with E-state index in [-0.39, 0.29) is 5.56 Å². The Kier molecular flexibility index (Phi) is 5.17. The molecule has 0 saturated carbocycles. The van der Waals surface area contributed by atoms with Gasteiger partial charge in [-0.25, -0.2) is 4.98 Å². The topological polar surface area (TPSA) is 55.0 Å². The van der Waals surface area contributed by atoms with Crippen LogP contribution in [0.1, 0.15) is 26.5 Å². The Morgan fingerprint density at radius 2 is 1.95 bits per heavy atom. The molecule has 5 heteroatoms. The van der Waals surface area contributed by atoms with Crippen molar-refractivity contribution in [3.63, 3.8) is 0 Å². The van der Waals surface area contributed by atoms with Gasteiger partial charge in [-0.3, -0.25) is 4.79 Å². The molecule has 0 atom stereocenters. The predicted molar refractivity (Wildman–Crippen MR) is 87.7 cm³/mol. The number of hydrogen-bond donors (Lipinski definition) is 1. The summed E-state index contributed by atoms with van der Waals surface area (Å²) in [6.45, 7) is 6.78. The second-order valence-corrected chi connectivity index (χ2v) is 6.02. The van der Waals surface area contributed by atoms with Crippen LogP contribution < -0.4 is 10.3 Å². The lowest BCUT2D eigenvalue weighted by Crippen LogP contribution is -2.15. The molecule has 21 heavy (non-hydrogen) atoms. The molecule has 0 amide bonds. The summed E-state index contributed by atoms with van der Waals surface area (Å²) in [5.41, 5.74) is 1.51. The van der Waals surface area contributed by atoms with E-state index in [1.165, 1.54) is 0 Å². The molecule has 4 nitrogen and oxygen atoms in total. The minimum Gasteiger partial charge on any atom is -0.494 e. The van der Waals surface area contributed by atoms with Crippen LogP contribution in [0.3, 0.4) is 0 Å². The second kappa shape index (κ2) is 6.89. The first kappa shape index (κ1) is 15.8. The number of benzene rings is 1. The first-order valence-electron chi connectivity index (χ1n) is 7.03. The molecule has 0 fully saturated rings. The zero-order valence-electron chi connectivity index (χ0n) is 12.4. The molecule has 2 aromatic rings. The normalized spacial score (nSPS) is 10.9. The van der Waals surface area contributed by atoms with Gasteiger partial charge in [0.05, 0.1) is 12.3 Å². The Labute approximate surface area is 132 Å². The molecule has 1 aromatic heterocycles. The highest BCUT2D eigenvalue weighted by Crippen LogP contribution is 2.21. The molecule has 0 bridgehead atoms. The fraction of sp³-hybridized carbons (Fsp3) is 0.375. The van der Waals surface area contributed by atoms with Crippen molar-refractivity contribution in [3.8, 4) is 17.1 Å². The van der Waals surface area contributed by atoms with E-state index in [1.54, 1.807) is 0 Å². The lowest BCUT2D eigenvalue weighted by Gasteiger charge is -2.09.